The lowest BCUT2D eigenvalue weighted by Gasteiger charge is -2.35. The average molecular weight is 504 g/mol. The summed E-state index contributed by atoms with van der Waals surface area (Å²) in [5.41, 5.74) is 4.53. The molecule has 2 aromatic heterocycles. The third kappa shape index (κ3) is 5.26. The molecule has 2 aliphatic heterocycles. The number of H-pyrrole nitrogens is 2. The van der Waals surface area contributed by atoms with Gasteiger partial charge in [0.2, 0.25) is 5.95 Å². The molecule has 0 bridgehead atoms. The van der Waals surface area contributed by atoms with Crippen LogP contribution in [0, 0.1) is 11.7 Å². The zero-order valence-corrected chi connectivity index (χ0v) is 21.1. The van der Waals surface area contributed by atoms with Gasteiger partial charge in [0.05, 0.1) is 11.0 Å². The fraction of sp³-hybridized carbons (Fsp3) is 0.448. The molecule has 0 atom stereocenters. The van der Waals surface area contributed by atoms with Crippen LogP contribution < -0.4 is 5.56 Å². The number of benzene rings is 2. The number of imidazole rings is 1. The van der Waals surface area contributed by atoms with Gasteiger partial charge in [-0.2, -0.15) is 4.68 Å². The Hall–Kier alpha value is -3.23. The van der Waals surface area contributed by atoms with E-state index < -0.39 is 0 Å². The molecular weight excluding hydrogens is 469 g/mol. The molecule has 2 aliphatic rings. The first-order valence-corrected chi connectivity index (χ1v) is 13.5. The number of aromatic nitrogens is 4. The molecule has 2 aromatic carbocycles. The minimum Gasteiger partial charge on any atom is -0.381 e. The minimum atomic E-state index is -0.245. The smallest absolute Gasteiger partial charge is 0.277 e. The predicted octanol–water partition coefficient (Wildman–Crippen LogP) is 4.57. The zero-order chi connectivity index (χ0) is 25.2. The van der Waals surface area contributed by atoms with Crippen molar-refractivity contribution in [1.29, 1.82) is 0 Å². The van der Waals surface area contributed by atoms with E-state index in [1.165, 1.54) is 12.1 Å². The van der Waals surface area contributed by atoms with E-state index >= 15 is 0 Å². The second-order valence-electron chi connectivity index (χ2n) is 10.5. The van der Waals surface area contributed by atoms with Crippen molar-refractivity contribution in [3.8, 4) is 5.95 Å². The molecule has 0 spiro atoms. The van der Waals surface area contributed by atoms with E-state index in [-0.39, 0.29) is 11.4 Å². The first-order valence-electron chi connectivity index (χ1n) is 13.5. The summed E-state index contributed by atoms with van der Waals surface area (Å²) >= 11 is 0. The van der Waals surface area contributed by atoms with Crippen LogP contribution in [0.15, 0.2) is 53.3 Å². The quantitative estimate of drug-likeness (QED) is 0.387. The second-order valence-corrected chi connectivity index (χ2v) is 10.5. The van der Waals surface area contributed by atoms with Crippen molar-refractivity contribution in [1.82, 2.24) is 24.6 Å². The molecule has 37 heavy (non-hydrogen) atoms. The van der Waals surface area contributed by atoms with Crippen LogP contribution in [0.3, 0.4) is 0 Å². The van der Waals surface area contributed by atoms with Crippen LogP contribution in [-0.2, 0) is 17.6 Å². The number of likely N-dealkylation sites (tertiary alicyclic amines) is 1. The number of rotatable bonds is 7. The second kappa shape index (κ2) is 10.6. The Morgan fingerprint density at radius 3 is 2.49 bits per heavy atom. The van der Waals surface area contributed by atoms with Crippen LogP contribution in [-0.4, -0.2) is 57.5 Å². The van der Waals surface area contributed by atoms with E-state index in [0.717, 1.165) is 92.3 Å². The highest BCUT2D eigenvalue weighted by Gasteiger charge is 2.28. The highest BCUT2D eigenvalue weighted by Crippen LogP contribution is 2.30. The maximum Gasteiger partial charge on any atom is 0.277 e. The van der Waals surface area contributed by atoms with Crippen LogP contribution in [0.4, 0.5) is 4.39 Å². The summed E-state index contributed by atoms with van der Waals surface area (Å²) in [7, 11) is 0. The lowest BCUT2D eigenvalue weighted by atomic mass is 9.89. The summed E-state index contributed by atoms with van der Waals surface area (Å²) in [4.78, 5) is 24.2. The van der Waals surface area contributed by atoms with Crippen LogP contribution in [0.5, 0.6) is 0 Å². The van der Waals surface area contributed by atoms with Gasteiger partial charge in [-0.05, 0) is 87.4 Å². The summed E-state index contributed by atoms with van der Waals surface area (Å²) < 4.78 is 20.5. The van der Waals surface area contributed by atoms with Crippen LogP contribution in [0.2, 0.25) is 0 Å². The predicted molar refractivity (Wildman–Crippen MR) is 142 cm³/mol. The maximum atomic E-state index is 13.7. The molecule has 0 unspecified atom stereocenters. The number of hydrogen-bond acceptors (Lipinski definition) is 4. The molecule has 2 N–H and O–H groups in total. The molecule has 8 heteroatoms. The van der Waals surface area contributed by atoms with Gasteiger partial charge in [0.25, 0.3) is 5.56 Å². The van der Waals surface area contributed by atoms with Crippen molar-refractivity contribution in [3.63, 3.8) is 0 Å². The first kappa shape index (κ1) is 24.1. The number of piperidine rings is 1. The molecule has 4 heterocycles. The van der Waals surface area contributed by atoms with Crippen molar-refractivity contribution in [2.75, 3.05) is 32.8 Å². The highest BCUT2D eigenvalue weighted by molar-refractivity contribution is 5.75. The summed E-state index contributed by atoms with van der Waals surface area (Å²) in [6.45, 7) is 4.99. The van der Waals surface area contributed by atoms with Gasteiger partial charge in [0.1, 0.15) is 5.82 Å². The lowest BCUT2D eigenvalue weighted by Crippen LogP contribution is -2.38. The van der Waals surface area contributed by atoms with Crippen LogP contribution in [0.1, 0.15) is 48.4 Å². The van der Waals surface area contributed by atoms with E-state index in [9.17, 15) is 9.18 Å². The number of ether oxygens (including phenoxy) is 1. The summed E-state index contributed by atoms with van der Waals surface area (Å²) in [5.74, 6) is 1.29. The number of nitrogens with one attached hydrogen (secondary N) is 2. The number of para-hydroxylation sites is 2. The Morgan fingerprint density at radius 1 is 0.973 bits per heavy atom. The lowest BCUT2D eigenvalue weighted by molar-refractivity contribution is 0.0487. The maximum absolute atomic E-state index is 13.7. The third-order valence-corrected chi connectivity index (χ3v) is 8.04. The van der Waals surface area contributed by atoms with Gasteiger partial charge in [0.15, 0.2) is 0 Å². The Labute approximate surface area is 215 Å². The number of aromatic amines is 2. The van der Waals surface area contributed by atoms with Gasteiger partial charge in [-0.1, -0.05) is 24.3 Å². The van der Waals surface area contributed by atoms with Crippen molar-refractivity contribution >= 4 is 11.0 Å². The Balaban J connectivity index is 1.25. The van der Waals surface area contributed by atoms with Gasteiger partial charge in [0, 0.05) is 36.9 Å². The number of halogens is 1. The van der Waals surface area contributed by atoms with Crippen molar-refractivity contribution in [3.05, 3.63) is 81.5 Å². The summed E-state index contributed by atoms with van der Waals surface area (Å²) in [5, 5.41) is 3.45. The standard InChI is InChI=1S/C29H34FN5O2/c30-23-8-5-20(6-9-23)7-10-24-27(22-11-15-34(16-12-22)19-21-13-17-37-18-14-21)33-35(28(24)36)29-31-25-3-1-2-4-26(25)32-29/h1-6,8-9,21-22,33H,7,10-19H2,(H,31,32). The number of fused-ring (bicyclic) bond motifs is 1. The van der Waals surface area contributed by atoms with E-state index in [1.54, 1.807) is 16.8 Å². The van der Waals surface area contributed by atoms with Gasteiger partial charge in [-0.3, -0.25) is 9.89 Å². The van der Waals surface area contributed by atoms with Crippen molar-refractivity contribution in [2.45, 2.75) is 44.4 Å². The van der Waals surface area contributed by atoms with Crippen LogP contribution >= 0.6 is 0 Å². The number of hydrogen-bond donors (Lipinski definition) is 2. The molecule has 0 saturated carbocycles. The fourth-order valence-electron chi connectivity index (χ4n) is 5.88. The van der Waals surface area contributed by atoms with E-state index in [4.69, 9.17) is 4.74 Å². The first-order chi connectivity index (χ1) is 18.1. The Morgan fingerprint density at radius 2 is 1.73 bits per heavy atom. The molecule has 0 radical (unpaired) electrons. The third-order valence-electron chi connectivity index (χ3n) is 8.04. The van der Waals surface area contributed by atoms with Crippen molar-refractivity contribution < 1.29 is 9.13 Å². The normalized spacial score (nSPS) is 18.1. The van der Waals surface area contributed by atoms with Crippen LogP contribution in [0.25, 0.3) is 17.0 Å². The molecule has 7 nitrogen and oxygen atoms in total. The van der Waals surface area contributed by atoms with E-state index in [1.807, 2.05) is 24.3 Å². The Bertz CT molecular complexity index is 1360. The van der Waals surface area contributed by atoms with Crippen molar-refractivity contribution in [2.24, 2.45) is 5.92 Å². The van der Waals surface area contributed by atoms with Gasteiger partial charge in [-0.15, -0.1) is 0 Å². The molecular formula is C29H34FN5O2. The number of nitrogens with zero attached hydrogens (tertiary/aromatic N) is 3. The summed E-state index contributed by atoms with van der Waals surface area (Å²) in [6.07, 6.45) is 5.64. The molecule has 194 valence electrons. The monoisotopic (exact) mass is 503 g/mol. The van der Waals surface area contributed by atoms with E-state index in [0.29, 0.717) is 24.7 Å². The van der Waals surface area contributed by atoms with Gasteiger partial charge < -0.3 is 14.6 Å². The number of aryl methyl sites for hydroxylation is 1. The molecule has 2 fully saturated rings. The van der Waals surface area contributed by atoms with Gasteiger partial charge in [-0.25, -0.2) is 9.37 Å². The minimum absolute atomic E-state index is 0.0548. The highest BCUT2D eigenvalue weighted by atomic mass is 19.1. The molecule has 0 aliphatic carbocycles. The molecule has 6 rings (SSSR count). The molecule has 4 aromatic rings. The Kier molecular flexibility index (Phi) is 6.93. The molecule has 0 amide bonds. The van der Waals surface area contributed by atoms with E-state index in [2.05, 4.69) is 20.0 Å². The zero-order valence-electron chi connectivity index (χ0n) is 21.1. The fourth-order valence-corrected chi connectivity index (χ4v) is 5.88. The van der Waals surface area contributed by atoms with Gasteiger partial charge >= 0.3 is 0 Å². The summed E-state index contributed by atoms with van der Waals surface area (Å²) in [6, 6.07) is 14.4. The average Bonchev–Trinajstić information content (AvgIpc) is 3.50. The topological polar surface area (TPSA) is 78.9 Å². The largest absolute Gasteiger partial charge is 0.381 e. The SMILES string of the molecule is O=c1c(CCc2ccc(F)cc2)c(C2CCN(CC3CCOCC3)CC2)[nH]n1-c1nc2ccccc2[nH]1. The molecule has 2 saturated heterocycles.